The number of aromatic nitrogens is 5. The number of morpholine rings is 1. The maximum atomic E-state index is 14.4. The molecule has 4 bridgehead atoms. The van der Waals surface area contributed by atoms with E-state index in [-0.39, 0.29) is 54.1 Å². The third kappa shape index (κ3) is 6.25. The number of halogens is 2. The van der Waals surface area contributed by atoms with Crippen LogP contribution in [0.4, 0.5) is 26.0 Å². The molecule has 3 aromatic heterocycles. The number of imide groups is 1. The lowest BCUT2D eigenvalue weighted by Crippen LogP contribution is -2.69. The molecule has 6 atom stereocenters. The molecule has 16 nitrogen and oxygen atoms in total. The van der Waals surface area contributed by atoms with E-state index in [0.717, 1.165) is 69.4 Å². The molecular weight excluding hydrogens is 797 g/mol. The Morgan fingerprint density at radius 3 is 2.53 bits per heavy atom. The summed E-state index contributed by atoms with van der Waals surface area (Å²) in [5.41, 5.74) is 2.46. The second-order valence-corrected chi connectivity index (χ2v) is 17.9. The van der Waals surface area contributed by atoms with Gasteiger partial charge in [0.2, 0.25) is 11.8 Å². The minimum absolute atomic E-state index is 0.00783. The second kappa shape index (κ2) is 14.5. The monoisotopic (exact) mass is 841 g/mol. The van der Waals surface area contributed by atoms with Gasteiger partial charge in [-0.2, -0.15) is 5.10 Å². The van der Waals surface area contributed by atoms with Crippen molar-refractivity contribution in [3.63, 3.8) is 0 Å². The molecule has 1 saturated carbocycles. The van der Waals surface area contributed by atoms with E-state index in [1.807, 2.05) is 18.2 Å². The first kappa shape index (κ1) is 37.8. The predicted octanol–water partition coefficient (Wildman–Crippen LogP) is 3.98. The second-order valence-electron chi connectivity index (χ2n) is 17.4. The molecular formula is C41H45F2N11O5S. The van der Waals surface area contributed by atoms with Crippen LogP contribution in [-0.2, 0) is 14.3 Å². The zero-order chi connectivity index (χ0) is 41.0. The summed E-state index contributed by atoms with van der Waals surface area (Å²) in [7, 11) is 0. The van der Waals surface area contributed by atoms with Gasteiger partial charge in [-0.15, -0.1) is 17.7 Å². The Bertz CT molecular complexity index is 2410. The van der Waals surface area contributed by atoms with Gasteiger partial charge in [-0.05, 0) is 74.6 Å². The Labute approximate surface area is 349 Å². The van der Waals surface area contributed by atoms with E-state index < -0.39 is 35.3 Å². The van der Waals surface area contributed by atoms with E-state index in [9.17, 15) is 28.0 Å². The zero-order valence-electron chi connectivity index (χ0n) is 32.7. The molecule has 1 aromatic carbocycles. The number of nitrogens with one attached hydrogen (secondary N) is 2. The van der Waals surface area contributed by atoms with E-state index in [4.69, 9.17) is 17.4 Å². The molecule has 7 fully saturated rings. The number of piperidine rings is 2. The Hall–Kier alpha value is -5.14. The van der Waals surface area contributed by atoms with Crippen molar-refractivity contribution >= 4 is 59.1 Å². The summed E-state index contributed by atoms with van der Waals surface area (Å²) in [4.78, 5) is 64.8. The summed E-state index contributed by atoms with van der Waals surface area (Å²) < 4.78 is 37.8. The molecule has 4 amide bonds. The lowest BCUT2D eigenvalue weighted by atomic mass is 9.83. The fourth-order valence-electron chi connectivity index (χ4n) is 11.0. The average Bonchev–Trinajstić information content (AvgIpc) is 4.08. The third-order valence-corrected chi connectivity index (χ3v) is 14.4. The topological polar surface area (TPSA) is 163 Å². The van der Waals surface area contributed by atoms with Gasteiger partial charge in [0.1, 0.15) is 17.0 Å². The van der Waals surface area contributed by atoms with Gasteiger partial charge in [-0.25, -0.2) is 18.3 Å². The van der Waals surface area contributed by atoms with E-state index in [1.54, 1.807) is 33.9 Å². The van der Waals surface area contributed by atoms with Crippen molar-refractivity contribution in [2.24, 2.45) is 5.92 Å². The van der Waals surface area contributed by atoms with E-state index in [0.29, 0.717) is 48.2 Å². The molecule has 0 spiro atoms. The van der Waals surface area contributed by atoms with Crippen LogP contribution in [0.25, 0.3) is 5.65 Å². The molecule has 2 N–H and O–H groups in total. The van der Waals surface area contributed by atoms with Gasteiger partial charge in [-0.3, -0.25) is 34.1 Å². The molecule has 60 heavy (non-hydrogen) atoms. The fraction of sp³-hybridized carbons (Fsp3) is 0.537. The number of ether oxygens (including phenoxy) is 1. The molecule has 0 radical (unpaired) electrons. The summed E-state index contributed by atoms with van der Waals surface area (Å²) in [5.74, 6) is -0.637. The molecule has 8 aliphatic rings. The minimum Gasteiger partial charge on any atom is -0.374 e. The Kier molecular flexibility index (Phi) is 9.15. The Morgan fingerprint density at radius 1 is 0.983 bits per heavy atom. The van der Waals surface area contributed by atoms with Gasteiger partial charge in [0.15, 0.2) is 17.2 Å². The van der Waals surface area contributed by atoms with Gasteiger partial charge in [0.05, 0.1) is 30.5 Å². The lowest BCUT2D eigenvalue weighted by Gasteiger charge is -2.58. The predicted molar refractivity (Wildman–Crippen MR) is 216 cm³/mol. The summed E-state index contributed by atoms with van der Waals surface area (Å²) in [5, 5.41) is 13.6. The summed E-state index contributed by atoms with van der Waals surface area (Å²) in [6.45, 7) is 3.93. The quantitative estimate of drug-likeness (QED) is 0.165. The molecule has 19 heteroatoms. The van der Waals surface area contributed by atoms with Crippen LogP contribution in [0.3, 0.4) is 0 Å². The SMILES string of the molecule is O=C1CC[C@@H](N2C(=O)c3cc(N4[C@@H]5C[C@@H]4CN(CC4CCC(n6cc(NC(=O)c7c(N8C[C@H]9C[C@@H]8CO9)nn8cccnc78)c(C(F)F)n6)CC4)C5)ccc3[C@H]2S)C(=O)N1. The molecule has 4 aromatic rings. The molecule has 0 unspecified atom stereocenters. The molecule has 12 rings (SSSR count). The first-order valence-corrected chi connectivity index (χ1v) is 21.5. The summed E-state index contributed by atoms with van der Waals surface area (Å²) in [6, 6.07) is 7.61. The van der Waals surface area contributed by atoms with E-state index in [1.165, 1.54) is 4.90 Å². The van der Waals surface area contributed by atoms with Crippen LogP contribution >= 0.6 is 12.6 Å². The molecule has 6 saturated heterocycles. The number of fused-ring (bicyclic) bond motifs is 6. The van der Waals surface area contributed by atoms with Crippen molar-refractivity contribution < 1.29 is 32.7 Å². The van der Waals surface area contributed by atoms with Crippen LogP contribution in [0.1, 0.15) is 101 Å². The van der Waals surface area contributed by atoms with Crippen LogP contribution in [0, 0.1) is 5.92 Å². The average molecular weight is 842 g/mol. The number of nitrogens with zero attached hydrogens (tertiary/aromatic N) is 9. The van der Waals surface area contributed by atoms with Gasteiger partial charge in [0.25, 0.3) is 18.2 Å². The van der Waals surface area contributed by atoms with E-state index >= 15 is 0 Å². The maximum absolute atomic E-state index is 14.4. The van der Waals surface area contributed by atoms with Crippen molar-refractivity contribution in [2.75, 3.05) is 47.9 Å². The Morgan fingerprint density at radius 2 is 1.80 bits per heavy atom. The fourth-order valence-corrected chi connectivity index (χ4v) is 11.5. The number of benzene rings is 1. The number of hydrogen-bond acceptors (Lipinski definition) is 12. The van der Waals surface area contributed by atoms with Crippen molar-refractivity contribution in [3.05, 3.63) is 65.2 Å². The molecule has 1 aliphatic carbocycles. The summed E-state index contributed by atoms with van der Waals surface area (Å²) >= 11 is 4.72. The summed E-state index contributed by atoms with van der Waals surface area (Å²) in [6.07, 6.45) is 7.91. The van der Waals surface area contributed by atoms with E-state index in [2.05, 4.69) is 40.5 Å². The Balaban J connectivity index is 0.717. The minimum atomic E-state index is -2.87. The standard InChI is InChI=1S/C41H45F2N11O5S/c42-35(43)34-30(45-39(57)33-36-44-10-1-11-51(36)48-37(33)50-18-27-13-26(50)20-59-27)19-52(47-34)22-4-2-21(3-5-22)15-49-16-24-12-25(17-49)53(24)23-6-7-28-29(14-23)40(58)54(41(28)60)31-8-9-32(55)46-38(31)56/h1,6-7,10-11,14,19,21-22,24-27,31,35,41,60H,2-5,8-9,12-13,15-18,20H2,(H,45,57)(H,46,55,56)/t21?,22?,24-,25-,26-,27-,31-,41-/m1/s1. The highest BCUT2D eigenvalue weighted by atomic mass is 32.1. The first-order chi connectivity index (χ1) is 29.1. The smallest absolute Gasteiger partial charge is 0.284 e. The zero-order valence-corrected chi connectivity index (χ0v) is 33.6. The van der Waals surface area contributed by atoms with Crippen LogP contribution in [-0.4, -0.2) is 121 Å². The van der Waals surface area contributed by atoms with Crippen LogP contribution < -0.4 is 20.4 Å². The highest BCUT2D eigenvalue weighted by Crippen LogP contribution is 2.45. The molecule has 7 aliphatic heterocycles. The number of amides is 4. The van der Waals surface area contributed by atoms with Crippen LogP contribution in [0.5, 0.6) is 0 Å². The van der Waals surface area contributed by atoms with Crippen LogP contribution in [0.15, 0.2) is 42.9 Å². The largest absolute Gasteiger partial charge is 0.374 e. The first-order valence-electron chi connectivity index (χ1n) is 21.0. The van der Waals surface area contributed by atoms with Crippen molar-refractivity contribution in [3.8, 4) is 0 Å². The van der Waals surface area contributed by atoms with Gasteiger partial charge >= 0.3 is 0 Å². The van der Waals surface area contributed by atoms with Crippen LogP contribution in [0.2, 0.25) is 0 Å². The number of alkyl halides is 2. The molecule has 10 heterocycles. The number of hydrogen-bond donors (Lipinski definition) is 3. The van der Waals surface area contributed by atoms with Gasteiger partial charge in [-0.1, -0.05) is 6.07 Å². The maximum Gasteiger partial charge on any atom is 0.284 e. The number of carbonyl (C=O) groups excluding carboxylic acids is 4. The highest BCUT2D eigenvalue weighted by molar-refractivity contribution is 7.80. The van der Waals surface area contributed by atoms with Crippen molar-refractivity contribution in [1.82, 2.24) is 39.5 Å². The van der Waals surface area contributed by atoms with Gasteiger partial charge in [0, 0.05) is 74.5 Å². The lowest BCUT2D eigenvalue weighted by molar-refractivity contribution is -0.137. The third-order valence-electron chi connectivity index (χ3n) is 13.9. The number of carbonyl (C=O) groups is 4. The molecule has 314 valence electrons. The van der Waals surface area contributed by atoms with Gasteiger partial charge < -0.3 is 24.8 Å². The number of anilines is 3. The number of piperazine rings is 1. The van der Waals surface area contributed by atoms with Crippen molar-refractivity contribution in [2.45, 2.75) is 99.5 Å². The van der Waals surface area contributed by atoms with Crippen molar-refractivity contribution in [1.29, 1.82) is 0 Å². The highest BCUT2D eigenvalue weighted by Gasteiger charge is 2.48. The number of thiol groups is 1. The normalized spacial score (nSPS) is 30.1. The number of rotatable bonds is 9.